The summed E-state index contributed by atoms with van der Waals surface area (Å²) in [5.41, 5.74) is 1.75. The number of carbonyl (C=O) groups excluding carboxylic acids is 1. The predicted octanol–water partition coefficient (Wildman–Crippen LogP) is 4.16. The first-order valence-electron chi connectivity index (χ1n) is 7.56. The van der Waals surface area contributed by atoms with E-state index < -0.39 is 5.97 Å². The van der Waals surface area contributed by atoms with Crippen LogP contribution in [0.25, 0.3) is 0 Å². The van der Waals surface area contributed by atoms with Crippen molar-refractivity contribution in [2.75, 3.05) is 0 Å². The van der Waals surface area contributed by atoms with Crippen LogP contribution < -0.4 is 0 Å². The van der Waals surface area contributed by atoms with Gasteiger partial charge in [0, 0.05) is 0 Å². The monoisotopic (exact) mass is 276 g/mol. The molecule has 1 saturated carbocycles. The van der Waals surface area contributed by atoms with Gasteiger partial charge in [-0.15, -0.1) is 0 Å². The molecule has 1 aromatic rings. The summed E-state index contributed by atoms with van der Waals surface area (Å²) in [6, 6.07) is 7.47. The third-order valence-electron chi connectivity index (χ3n) is 4.20. The van der Waals surface area contributed by atoms with Crippen molar-refractivity contribution in [2.24, 2.45) is 11.8 Å². The average Bonchev–Trinajstić information content (AvgIpc) is 2.46. The summed E-state index contributed by atoms with van der Waals surface area (Å²) in [5.74, 6) is 0.773. The molecule has 3 unspecified atom stereocenters. The first-order valence-corrected chi connectivity index (χ1v) is 7.56. The van der Waals surface area contributed by atoms with Gasteiger partial charge < -0.3 is 0 Å². The maximum Gasteiger partial charge on any atom is 0.373 e. The Morgan fingerprint density at radius 2 is 1.90 bits per heavy atom. The van der Waals surface area contributed by atoms with Gasteiger partial charge in [-0.2, -0.15) is 4.89 Å². The Kier molecular flexibility index (Phi) is 5.18. The molecule has 0 amide bonds. The number of rotatable bonds is 4. The molecule has 1 aliphatic rings. The van der Waals surface area contributed by atoms with E-state index >= 15 is 0 Å². The first-order chi connectivity index (χ1) is 9.60. The van der Waals surface area contributed by atoms with Gasteiger partial charge in [0.15, 0.2) is 0 Å². The third-order valence-corrected chi connectivity index (χ3v) is 4.20. The highest BCUT2D eigenvalue weighted by molar-refractivity contribution is 5.88. The van der Waals surface area contributed by atoms with Gasteiger partial charge >= 0.3 is 5.97 Å². The zero-order valence-electron chi connectivity index (χ0n) is 12.6. The van der Waals surface area contributed by atoms with Crippen LogP contribution in [0.4, 0.5) is 0 Å². The molecule has 0 aromatic heterocycles. The Bertz CT molecular complexity index is 438. The predicted molar refractivity (Wildman–Crippen MR) is 78.3 cm³/mol. The van der Waals surface area contributed by atoms with E-state index in [1.807, 2.05) is 12.1 Å². The molecular weight excluding hydrogens is 252 g/mol. The molecule has 3 atom stereocenters. The minimum absolute atomic E-state index is 0.0325. The molecule has 3 heteroatoms. The molecule has 2 rings (SSSR count). The van der Waals surface area contributed by atoms with Crippen LogP contribution >= 0.6 is 0 Å². The average molecular weight is 276 g/mol. The lowest BCUT2D eigenvalue weighted by Crippen LogP contribution is -2.29. The maximum absolute atomic E-state index is 11.9. The molecule has 0 bridgehead atoms. The Balaban J connectivity index is 1.85. The topological polar surface area (TPSA) is 35.5 Å². The molecular formula is C17H24O3. The van der Waals surface area contributed by atoms with Gasteiger partial charge in [-0.1, -0.05) is 32.9 Å². The summed E-state index contributed by atoms with van der Waals surface area (Å²) in [7, 11) is 0. The number of hydrogen-bond acceptors (Lipinski definition) is 3. The summed E-state index contributed by atoms with van der Waals surface area (Å²) >= 11 is 0. The number of benzene rings is 1. The Morgan fingerprint density at radius 3 is 2.50 bits per heavy atom. The third kappa shape index (κ3) is 3.83. The lowest BCUT2D eigenvalue weighted by molar-refractivity contribution is -0.290. The van der Waals surface area contributed by atoms with Crippen LogP contribution in [0.2, 0.25) is 0 Å². The van der Waals surface area contributed by atoms with Gasteiger partial charge in [-0.05, 0) is 55.2 Å². The summed E-state index contributed by atoms with van der Waals surface area (Å²) in [5, 5.41) is 0. The molecule has 0 radical (unpaired) electrons. The molecule has 1 fully saturated rings. The summed E-state index contributed by atoms with van der Waals surface area (Å²) in [4.78, 5) is 22.3. The number of carbonyl (C=O) groups is 1. The molecule has 20 heavy (non-hydrogen) atoms. The highest BCUT2D eigenvalue weighted by Gasteiger charge is 2.28. The fraction of sp³-hybridized carbons (Fsp3) is 0.588. The largest absolute Gasteiger partial charge is 0.373 e. The maximum atomic E-state index is 11.9. The van der Waals surface area contributed by atoms with Crippen molar-refractivity contribution >= 4 is 5.97 Å². The summed E-state index contributed by atoms with van der Waals surface area (Å²) < 4.78 is 0. The zero-order chi connectivity index (χ0) is 14.5. The van der Waals surface area contributed by atoms with Crippen molar-refractivity contribution in [2.45, 2.75) is 52.6 Å². The molecule has 1 aliphatic carbocycles. The van der Waals surface area contributed by atoms with Gasteiger partial charge in [0.2, 0.25) is 0 Å². The second-order valence-electron chi connectivity index (χ2n) is 5.95. The van der Waals surface area contributed by atoms with Crippen LogP contribution in [-0.2, 0) is 16.2 Å². The SMILES string of the molecule is CCc1ccc(C(=O)OOC2CCC(C)CC2C)cc1. The first kappa shape index (κ1) is 15.0. The van der Waals surface area contributed by atoms with Crippen LogP contribution in [0.5, 0.6) is 0 Å². The minimum atomic E-state index is -0.404. The normalized spacial score (nSPS) is 26.2. The van der Waals surface area contributed by atoms with Crippen LogP contribution in [0.15, 0.2) is 24.3 Å². The van der Waals surface area contributed by atoms with Crippen molar-refractivity contribution in [1.29, 1.82) is 0 Å². The Labute approximate surface area is 121 Å². The minimum Gasteiger partial charge on any atom is -0.293 e. The van der Waals surface area contributed by atoms with E-state index in [1.165, 1.54) is 5.56 Å². The fourth-order valence-corrected chi connectivity index (χ4v) is 2.81. The fourth-order valence-electron chi connectivity index (χ4n) is 2.81. The van der Waals surface area contributed by atoms with Crippen LogP contribution in [0.3, 0.4) is 0 Å². The van der Waals surface area contributed by atoms with Crippen molar-refractivity contribution in [3.05, 3.63) is 35.4 Å². The lowest BCUT2D eigenvalue weighted by Gasteiger charge is -2.30. The van der Waals surface area contributed by atoms with Crippen molar-refractivity contribution < 1.29 is 14.6 Å². The van der Waals surface area contributed by atoms with E-state index in [2.05, 4.69) is 20.8 Å². The second-order valence-corrected chi connectivity index (χ2v) is 5.95. The highest BCUT2D eigenvalue weighted by atomic mass is 17.2. The van der Waals surface area contributed by atoms with Crippen molar-refractivity contribution in [3.8, 4) is 0 Å². The molecule has 0 aliphatic heterocycles. The van der Waals surface area contributed by atoms with Gasteiger partial charge in [0.25, 0.3) is 0 Å². The summed E-state index contributed by atoms with van der Waals surface area (Å²) in [6.45, 7) is 6.50. The molecule has 0 N–H and O–H groups in total. The van der Waals surface area contributed by atoms with Gasteiger partial charge in [0.05, 0.1) is 5.56 Å². The van der Waals surface area contributed by atoms with Gasteiger partial charge in [-0.3, -0.25) is 4.89 Å². The molecule has 0 spiro atoms. The van der Waals surface area contributed by atoms with Crippen LogP contribution in [0.1, 0.15) is 56.0 Å². The quantitative estimate of drug-likeness (QED) is 0.612. The highest BCUT2D eigenvalue weighted by Crippen LogP contribution is 2.30. The molecule has 0 heterocycles. The zero-order valence-corrected chi connectivity index (χ0v) is 12.6. The molecule has 110 valence electrons. The van der Waals surface area contributed by atoms with E-state index in [0.29, 0.717) is 11.5 Å². The van der Waals surface area contributed by atoms with Gasteiger partial charge in [0.1, 0.15) is 6.10 Å². The van der Waals surface area contributed by atoms with Crippen LogP contribution in [0, 0.1) is 11.8 Å². The van der Waals surface area contributed by atoms with E-state index in [1.54, 1.807) is 12.1 Å². The van der Waals surface area contributed by atoms with E-state index in [-0.39, 0.29) is 6.10 Å². The second kappa shape index (κ2) is 6.89. The van der Waals surface area contributed by atoms with E-state index in [0.717, 1.165) is 31.6 Å². The Morgan fingerprint density at radius 1 is 1.20 bits per heavy atom. The molecule has 0 saturated heterocycles. The smallest absolute Gasteiger partial charge is 0.293 e. The van der Waals surface area contributed by atoms with Crippen LogP contribution in [-0.4, -0.2) is 12.1 Å². The van der Waals surface area contributed by atoms with E-state index in [4.69, 9.17) is 9.78 Å². The van der Waals surface area contributed by atoms with E-state index in [9.17, 15) is 4.79 Å². The van der Waals surface area contributed by atoms with Crippen molar-refractivity contribution in [3.63, 3.8) is 0 Å². The number of hydrogen-bond donors (Lipinski definition) is 0. The van der Waals surface area contributed by atoms with Gasteiger partial charge in [-0.25, -0.2) is 4.79 Å². The molecule has 1 aromatic carbocycles. The number of aryl methyl sites for hydroxylation is 1. The molecule has 3 nitrogen and oxygen atoms in total. The Hall–Kier alpha value is -1.35. The lowest BCUT2D eigenvalue weighted by atomic mass is 9.81. The van der Waals surface area contributed by atoms with Crippen molar-refractivity contribution in [1.82, 2.24) is 0 Å². The standard InChI is InChI=1S/C17H24O3/c1-4-14-6-8-15(9-7-14)17(18)20-19-16-10-5-12(2)11-13(16)3/h6-9,12-13,16H,4-5,10-11H2,1-3H3. The summed E-state index contributed by atoms with van der Waals surface area (Å²) in [6.07, 6.45) is 4.23.